The fraction of sp³-hybridized carbons (Fsp3) is 0.500. The largest absolute Gasteiger partial charge is 0.461 e. The molecule has 1 N–H and O–H groups in total. The Morgan fingerprint density at radius 3 is 2.59 bits per heavy atom. The molecule has 1 aliphatic heterocycles. The number of esters is 1. The Labute approximate surface area is 190 Å². The van der Waals surface area contributed by atoms with Gasteiger partial charge in [0.1, 0.15) is 6.61 Å². The molecule has 3 rings (SSSR count). The molecular weight excluding hydrogens is 439 g/mol. The molecule has 0 fully saturated rings. The maximum atomic E-state index is 13.9. The topological polar surface area (TPSA) is 55.4 Å². The monoisotopic (exact) mass is 467 g/mol. The Balaban J connectivity index is 2.14. The number of rotatable bonds is 6. The van der Waals surface area contributed by atoms with Crippen molar-refractivity contribution in [2.45, 2.75) is 52.6 Å². The zero-order chi connectivity index (χ0) is 23.7. The average Bonchev–Trinajstić information content (AvgIpc) is 2.68. The van der Waals surface area contributed by atoms with Gasteiger partial charge in [0.2, 0.25) is 0 Å². The van der Waals surface area contributed by atoms with Gasteiger partial charge >= 0.3 is 12.1 Å². The van der Waals surface area contributed by atoms with Crippen LogP contribution in [0.1, 0.15) is 57.6 Å². The molecule has 8 heteroatoms. The zero-order valence-electron chi connectivity index (χ0n) is 18.7. The average molecular weight is 468 g/mol. The fourth-order valence-electron chi connectivity index (χ4n) is 4.44. The number of hydrogen-bond donors (Lipinski definition) is 1. The van der Waals surface area contributed by atoms with E-state index in [1.165, 1.54) is 18.2 Å². The van der Waals surface area contributed by atoms with Gasteiger partial charge in [-0.25, -0.2) is 4.79 Å². The zero-order valence-corrected chi connectivity index (χ0v) is 19.5. The van der Waals surface area contributed by atoms with Crippen molar-refractivity contribution in [3.05, 3.63) is 57.9 Å². The van der Waals surface area contributed by atoms with E-state index in [0.29, 0.717) is 23.6 Å². The van der Waals surface area contributed by atoms with E-state index in [1.807, 2.05) is 20.8 Å². The van der Waals surface area contributed by atoms with Crippen LogP contribution in [-0.2, 0) is 20.5 Å². The predicted octanol–water partition coefficient (Wildman–Crippen LogP) is 5.61. The van der Waals surface area contributed by atoms with Gasteiger partial charge in [0.05, 0.1) is 11.1 Å². The second-order valence-electron chi connectivity index (χ2n) is 8.85. The van der Waals surface area contributed by atoms with Crippen LogP contribution in [0.2, 0.25) is 0 Å². The lowest BCUT2D eigenvalue weighted by molar-refractivity contribution is -0.140. The Morgan fingerprint density at radius 2 is 1.94 bits per heavy atom. The number of nitrogens with one attached hydrogen (secondary N) is 1. The lowest BCUT2D eigenvalue weighted by Gasteiger charge is -2.40. The molecule has 1 atom stereocenters. The van der Waals surface area contributed by atoms with Gasteiger partial charge in [0.15, 0.2) is 5.78 Å². The first-order valence-corrected chi connectivity index (χ1v) is 11.8. The van der Waals surface area contributed by atoms with Crippen LogP contribution in [0.25, 0.3) is 0 Å². The second-order valence-corrected chi connectivity index (χ2v) is 10.2. The molecule has 0 saturated carbocycles. The van der Waals surface area contributed by atoms with Crippen LogP contribution in [0.4, 0.5) is 13.2 Å². The summed E-state index contributed by atoms with van der Waals surface area (Å²) in [5.74, 6) is -0.613. The maximum absolute atomic E-state index is 13.9. The van der Waals surface area contributed by atoms with E-state index in [9.17, 15) is 22.8 Å². The molecule has 1 aliphatic carbocycles. The Morgan fingerprint density at radius 1 is 1.25 bits per heavy atom. The summed E-state index contributed by atoms with van der Waals surface area (Å²) in [5, 5.41) is 3.15. The van der Waals surface area contributed by atoms with Crippen molar-refractivity contribution in [1.29, 1.82) is 0 Å². The van der Waals surface area contributed by atoms with Crippen LogP contribution >= 0.6 is 11.8 Å². The SMILES string of the molecule is CCSCCOC(=O)C1=C(C)NC2=C(C(=O)CC(C)(C)C2)[C@H]1c1ccccc1C(F)(F)F. The van der Waals surface area contributed by atoms with Crippen LogP contribution in [0.15, 0.2) is 46.8 Å². The number of dihydropyridines is 1. The normalized spacial score (nSPS) is 20.7. The molecule has 1 aromatic carbocycles. The van der Waals surface area contributed by atoms with Gasteiger partial charge in [-0.05, 0) is 36.1 Å². The van der Waals surface area contributed by atoms with Crippen molar-refractivity contribution >= 4 is 23.5 Å². The number of carbonyl (C=O) groups is 2. The molecule has 32 heavy (non-hydrogen) atoms. The van der Waals surface area contributed by atoms with E-state index < -0.39 is 23.6 Å². The van der Waals surface area contributed by atoms with Crippen LogP contribution in [0, 0.1) is 5.41 Å². The highest BCUT2D eigenvalue weighted by Crippen LogP contribution is 2.49. The number of Topliss-reactive ketones (excluding diaryl/α,β-unsaturated/α-hetero) is 1. The number of ether oxygens (including phenoxy) is 1. The molecule has 174 valence electrons. The van der Waals surface area contributed by atoms with Gasteiger partial charge < -0.3 is 10.1 Å². The molecule has 0 radical (unpaired) electrons. The number of hydrogen-bond acceptors (Lipinski definition) is 5. The van der Waals surface area contributed by atoms with Crippen LogP contribution in [0.5, 0.6) is 0 Å². The smallest absolute Gasteiger partial charge is 0.416 e. The number of alkyl halides is 3. The summed E-state index contributed by atoms with van der Waals surface area (Å²) in [6, 6.07) is 5.15. The Bertz CT molecular complexity index is 979. The highest BCUT2D eigenvalue weighted by Gasteiger charge is 2.46. The van der Waals surface area contributed by atoms with Crippen molar-refractivity contribution in [1.82, 2.24) is 5.32 Å². The molecule has 0 spiro atoms. The molecule has 2 aliphatic rings. The van der Waals surface area contributed by atoms with Crippen LogP contribution < -0.4 is 5.32 Å². The first kappa shape index (κ1) is 24.4. The van der Waals surface area contributed by atoms with Gasteiger partial charge in [-0.3, -0.25) is 4.79 Å². The third-order valence-electron chi connectivity index (χ3n) is 5.70. The van der Waals surface area contributed by atoms with E-state index in [2.05, 4.69) is 5.32 Å². The maximum Gasteiger partial charge on any atom is 0.416 e. The Hall–Kier alpha value is -2.22. The molecular formula is C24H28F3NO3S. The summed E-state index contributed by atoms with van der Waals surface area (Å²) >= 11 is 1.60. The third kappa shape index (κ3) is 5.05. The Kier molecular flexibility index (Phi) is 7.12. The van der Waals surface area contributed by atoms with Gasteiger partial charge in [-0.15, -0.1) is 0 Å². The van der Waals surface area contributed by atoms with Crippen molar-refractivity contribution in [3.63, 3.8) is 0 Å². The molecule has 0 unspecified atom stereocenters. The lowest BCUT2D eigenvalue weighted by Crippen LogP contribution is -2.39. The highest BCUT2D eigenvalue weighted by atomic mass is 32.2. The first-order chi connectivity index (χ1) is 15.0. The van der Waals surface area contributed by atoms with Gasteiger partial charge in [-0.2, -0.15) is 24.9 Å². The summed E-state index contributed by atoms with van der Waals surface area (Å²) < 4.78 is 47.1. The van der Waals surface area contributed by atoms with E-state index in [-0.39, 0.29) is 40.9 Å². The quantitative estimate of drug-likeness (QED) is 0.436. The predicted molar refractivity (Wildman–Crippen MR) is 119 cm³/mol. The molecule has 0 saturated heterocycles. The van der Waals surface area contributed by atoms with Crippen molar-refractivity contribution in [2.75, 3.05) is 18.1 Å². The lowest BCUT2D eigenvalue weighted by atomic mass is 9.68. The van der Waals surface area contributed by atoms with Crippen LogP contribution in [-0.4, -0.2) is 29.9 Å². The fourth-order valence-corrected chi connectivity index (χ4v) is 4.93. The van der Waals surface area contributed by atoms with Crippen LogP contribution in [0.3, 0.4) is 0 Å². The molecule has 0 aromatic heterocycles. The number of carbonyl (C=O) groups excluding carboxylic acids is 2. The molecule has 0 amide bonds. The minimum absolute atomic E-state index is 0.0648. The minimum atomic E-state index is -4.63. The minimum Gasteiger partial charge on any atom is -0.461 e. The van der Waals surface area contributed by atoms with E-state index in [0.717, 1.165) is 11.8 Å². The number of halogens is 3. The molecule has 1 heterocycles. The molecule has 0 bridgehead atoms. The summed E-state index contributed by atoms with van der Waals surface area (Å²) in [4.78, 5) is 26.3. The van der Waals surface area contributed by atoms with Gasteiger partial charge in [-0.1, -0.05) is 39.0 Å². The van der Waals surface area contributed by atoms with Gasteiger partial charge in [0, 0.05) is 35.1 Å². The van der Waals surface area contributed by atoms with E-state index in [1.54, 1.807) is 18.7 Å². The number of thioether (sulfide) groups is 1. The third-order valence-corrected chi connectivity index (χ3v) is 6.57. The number of ketones is 1. The first-order valence-electron chi connectivity index (χ1n) is 10.6. The second kappa shape index (κ2) is 9.33. The van der Waals surface area contributed by atoms with Crippen molar-refractivity contribution in [2.24, 2.45) is 5.41 Å². The highest BCUT2D eigenvalue weighted by molar-refractivity contribution is 7.99. The molecule has 1 aromatic rings. The molecule has 4 nitrogen and oxygen atoms in total. The summed E-state index contributed by atoms with van der Waals surface area (Å²) in [6.45, 7) is 7.68. The summed E-state index contributed by atoms with van der Waals surface area (Å²) in [6.07, 6.45) is -3.92. The van der Waals surface area contributed by atoms with Crippen molar-refractivity contribution in [3.8, 4) is 0 Å². The van der Waals surface area contributed by atoms with Crippen molar-refractivity contribution < 1.29 is 27.5 Å². The van der Waals surface area contributed by atoms with Gasteiger partial charge in [0.25, 0.3) is 0 Å². The summed E-state index contributed by atoms with van der Waals surface area (Å²) in [7, 11) is 0. The van der Waals surface area contributed by atoms with E-state index >= 15 is 0 Å². The number of allylic oxidation sites excluding steroid dienone is 3. The standard InChI is InChI=1S/C24H28F3NO3S/c1-5-32-11-10-31-22(30)19-14(2)28-17-12-23(3,4)13-18(29)21(17)20(19)15-8-6-7-9-16(15)24(25,26)27/h6-9,20,28H,5,10-13H2,1-4H3/t20-/m0/s1. The van der Waals surface area contributed by atoms with E-state index in [4.69, 9.17) is 4.74 Å². The summed E-state index contributed by atoms with van der Waals surface area (Å²) in [5.41, 5.74) is 0.0316. The number of benzene rings is 1.